The Hall–Kier alpha value is -5.61. The van der Waals surface area contributed by atoms with Crippen molar-refractivity contribution in [2.75, 3.05) is 0 Å². The number of hydrogen-bond acceptors (Lipinski definition) is 1. The van der Waals surface area contributed by atoms with E-state index in [2.05, 4.69) is 167 Å². The van der Waals surface area contributed by atoms with Gasteiger partial charge in [-0.3, -0.25) is 0 Å². The van der Waals surface area contributed by atoms with Gasteiger partial charge in [-0.15, -0.1) is 0 Å². The van der Waals surface area contributed by atoms with Gasteiger partial charge in [-0.05, 0) is 58.6 Å². The van der Waals surface area contributed by atoms with Crippen LogP contribution in [-0.2, 0) is 0 Å². The van der Waals surface area contributed by atoms with Crippen LogP contribution >= 0.6 is 0 Å². The number of aromatic nitrogens is 2. The highest BCUT2D eigenvalue weighted by Crippen LogP contribution is 2.36. The van der Waals surface area contributed by atoms with Gasteiger partial charge in [0.05, 0.1) is 11.4 Å². The Labute approximate surface area is 250 Å². The van der Waals surface area contributed by atoms with Gasteiger partial charge in [0.1, 0.15) is 0 Å². The van der Waals surface area contributed by atoms with E-state index in [1.165, 1.54) is 27.6 Å². The first-order chi connectivity index (χ1) is 21.4. The molecule has 43 heavy (non-hydrogen) atoms. The summed E-state index contributed by atoms with van der Waals surface area (Å²) >= 11 is 0. The summed E-state index contributed by atoms with van der Waals surface area (Å²) in [5.74, 6) is 0. The molecule has 0 fully saturated rings. The van der Waals surface area contributed by atoms with Crippen molar-refractivity contribution in [1.82, 2.24) is 8.96 Å². The minimum atomic E-state index is -0.0928. The number of allylic oxidation sites excluding steroid dienone is 2. The van der Waals surface area contributed by atoms with Crippen LogP contribution in [0, 0.1) is 0 Å². The predicted molar refractivity (Wildman–Crippen MR) is 177 cm³/mol. The zero-order valence-electron chi connectivity index (χ0n) is 23.4. The maximum atomic E-state index is 5.36. The Balaban J connectivity index is 1.54. The van der Waals surface area contributed by atoms with Gasteiger partial charge in [0.2, 0.25) is 0 Å². The first kappa shape index (κ1) is 24.0. The number of hydrogen-bond donors (Lipinski definition) is 0. The lowest BCUT2D eigenvalue weighted by Crippen LogP contribution is -2.57. The normalized spacial score (nSPS) is 14.8. The Morgan fingerprint density at radius 2 is 0.907 bits per heavy atom. The molecule has 200 valence electrons. The second-order valence-corrected chi connectivity index (χ2v) is 11.2. The predicted octanol–water partition coefficient (Wildman–Crippen LogP) is 5.62. The average molecular weight is 547 g/mol. The molecule has 0 saturated carbocycles. The lowest BCUT2D eigenvalue weighted by Gasteiger charge is -2.30. The van der Waals surface area contributed by atoms with Gasteiger partial charge in [-0.1, -0.05) is 121 Å². The molecule has 3 aliphatic rings. The highest BCUT2D eigenvalue weighted by atomic mass is 15.1. The summed E-state index contributed by atoms with van der Waals surface area (Å²) in [7, 11) is 0. The molecule has 3 aliphatic heterocycles. The standard InChI is InChI=1S/C39H26BN3/c1-5-13-27(14-6-1)37-31-21-22-32(41-31)38(28-15-7-2-8-16-28)34-24-26-36-39(29-17-9-3-10-18-29)35-25-23-33(37)42(35)40(43(34)36)30-19-11-4-12-20-30/h1-26H. The van der Waals surface area contributed by atoms with E-state index in [4.69, 9.17) is 4.99 Å². The molecule has 9 rings (SSSR count). The van der Waals surface area contributed by atoms with Crippen LogP contribution in [0.5, 0.6) is 0 Å². The summed E-state index contributed by atoms with van der Waals surface area (Å²) in [6.45, 7) is -0.0928. The fraction of sp³-hybridized carbons (Fsp3) is 0. The van der Waals surface area contributed by atoms with Crippen molar-refractivity contribution in [3.05, 3.63) is 202 Å². The third-order valence-corrected chi connectivity index (χ3v) is 8.79. The molecular formula is C39H26BN3. The van der Waals surface area contributed by atoms with Crippen LogP contribution in [0.15, 0.2) is 168 Å². The van der Waals surface area contributed by atoms with Crippen molar-refractivity contribution in [1.29, 1.82) is 0 Å². The van der Waals surface area contributed by atoms with Crippen molar-refractivity contribution in [2.24, 2.45) is 4.99 Å². The molecule has 0 spiro atoms. The molecule has 2 aromatic heterocycles. The molecule has 0 N–H and O–H groups in total. The highest BCUT2D eigenvalue weighted by molar-refractivity contribution is 6.71. The van der Waals surface area contributed by atoms with E-state index < -0.39 is 0 Å². The molecule has 0 radical (unpaired) electrons. The molecular weight excluding hydrogens is 521 g/mol. The molecule has 0 unspecified atom stereocenters. The molecule has 4 heteroatoms. The Kier molecular flexibility index (Phi) is 5.29. The summed E-state index contributed by atoms with van der Waals surface area (Å²) < 4.78 is 5.08. The van der Waals surface area contributed by atoms with Crippen molar-refractivity contribution in [3.8, 4) is 0 Å². The lowest BCUT2D eigenvalue weighted by molar-refractivity contribution is 0.968. The number of nitrogens with zero attached hydrogens (tertiary/aromatic N) is 3. The van der Waals surface area contributed by atoms with Crippen LogP contribution in [0.1, 0.15) is 28.1 Å². The van der Waals surface area contributed by atoms with Gasteiger partial charge < -0.3 is 8.96 Å². The van der Waals surface area contributed by atoms with Crippen LogP contribution in [0.4, 0.5) is 0 Å². The molecule has 4 aromatic carbocycles. The maximum Gasteiger partial charge on any atom is 0.420 e. The van der Waals surface area contributed by atoms with Gasteiger partial charge in [-0.25, -0.2) is 4.99 Å². The number of benzene rings is 4. The van der Waals surface area contributed by atoms with E-state index >= 15 is 0 Å². The van der Waals surface area contributed by atoms with Gasteiger partial charge in [-0.2, -0.15) is 0 Å². The zero-order chi connectivity index (χ0) is 28.3. The number of rotatable bonds is 4. The third kappa shape index (κ3) is 3.60. The molecule has 0 saturated heterocycles. The zero-order valence-corrected chi connectivity index (χ0v) is 23.4. The monoisotopic (exact) mass is 547 g/mol. The molecule has 0 atom stereocenters. The fourth-order valence-corrected chi connectivity index (χ4v) is 7.01. The molecule has 5 heterocycles. The van der Waals surface area contributed by atoms with Crippen molar-refractivity contribution in [3.63, 3.8) is 0 Å². The smallest absolute Gasteiger partial charge is 0.360 e. The van der Waals surface area contributed by atoms with Crippen molar-refractivity contribution >= 4 is 34.9 Å². The fourth-order valence-electron chi connectivity index (χ4n) is 7.01. The highest BCUT2D eigenvalue weighted by Gasteiger charge is 2.37. The van der Waals surface area contributed by atoms with Gasteiger partial charge in [0.15, 0.2) is 0 Å². The largest absolute Gasteiger partial charge is 0.420 e. The summed E-state index contributed by atoms with van der Waals surface area (Å²) in [6.07, 6.45) is 4.38. The molecule has 6 aromatic rings. The number of fused-ring (bicyclic) bond motifs is 1. The van der Waals surface area contributed by atoms with E-state index in [-0.39, 0.29) is 6.98 Å². The molecule has 4 bridgehead atoms. The summed E-state index contributed by atoms with van der Waals surface area (Å²) in [6, 6.07) is 52.3. The summed E-state index contributed by atoms with van der Waals surface area (Å²) in [5.41, 5.74) is 12.6. The van der Waals surface area contributed by atoms with E-state index in [0.29, 0.717) is 0 Å². The Morgan fingerprint density at radius 1 is 0.419 bits per heavy atom. The summed E-state index contributed by atoms with van der Waals surface area (Å²) in [5, 5.41) is 2.36. The second kappa shape index (κ2) is 9.47. The van der Waals surface area contributed by atoms with Gasteiger partial charge >= 0.3 is 6.98 Å². The topological polar surface area (TPSA) is 22.2 Å². The number of aliphatic imine (C=N–C) groups is 1. The van der Waals surface area contributed by atoms with Gasteiger partial charge in [0.25, 0.3) is 0 Å². The summed E-state index contributed by atoms with van der Waals surface area (Å²) in [4.78, 5) is 5.36. The minimum absolute atomic E-state index is 0.0928. The van der Waals surface area contributed by atoms with E-state index in [1.54, 1.807) is 0 Å². The van der Waals surface area contributed by atoms with Crippen LogP contribution in [0.3, 0.4) is 0 Å². The Bertz CT molecular complexity index is 2250. The molecule has 0 amide bonds. The lowest BCUT2D eigenvalue weighted by atomic mass is 9.64. The van der Waals surface area contributed by atoms with Crippen LogP contribution in [0.2, 0.25) is 0 Å². The van der Waals surface area contributed by atoms with E-state index in [0.717, 1.165) is 44.7 Å². The van der Waals surface area contributed by atoms with Crippen molar-refractivity contribution in [2.45, 2.75) is 0 Å². The SMILES string of the molecule is C1=CC2=C(c3ccccc3)c3ccc4n3B(c3ccccc3)n3c(ccc3=C4c3ccccc3)=C(c3ccccc3)C1=N2. The first-order valence-electron chi connectivity index (χ1n) is 14.8. The van der Waals surface area contributed by atoms with Crippen LogP contribution < -0.4 is 16.2 Å². The van der Waals surface area contributed by atoms with Crippen LogP contribution in [-0.4, -0.2) is 21.7 Å². The van der Waals surface area contributed by atoms with E-state index in [1.807, 2.05) is 0 Å². The molecule has 0 aliphatic carbocycles. The third-order valence-electron chi connectivity index (χ3n) is 8.79. The van der Waals surface area contributed by atoms with Crippen molar-refractivity contribution < 1.29 is 0 Å². The van der Waals surface area contributed by atoms with E-state index in [9.17, 15) is 0 Å². The molecule has 3 nitrogen and oxygen atoms in total. The first-order valence-corrected chi connectivity index (χ1v) is 14.8. The Morgan fingerprint density at radius 3 is 1.51 bits per heavy atom. The average Bonchev–Trinajstić information content (AvgIpc) is 3.83. The minimum Gasteiger partial charge on any atom is -0.360 e. The van der Waals surface area contributed by atoms with Crippen LogP contribution in [0.25, 0.3) is 16.7 Å². The second-order valence-electron chi connectivity index (χ2n) is 11.2. The quantitative estimate of drug-likeness (QED) is 0.255. The maximum absolute atomic E-state index is 5.36. The van der Waals surface area contributed by atoms with Gasteiger partial charge in [0, 0.05) is 38.8 Å².